The van der Waals surface area contributed by atoms with Crippen LogP contribution < -0.4 is 0 Å². The third-order valence-corrected chi connectivity index (χ3v) is 3.61. The van der Waals surface area contributed by atoms with E-state index in [1.54, 1.807) is 31.2 Å². The van der Waals surface area contributed by atoms with Gasteiger partial charge in [0.25, 0.3) is 0 Å². The summed E-state index contributed by atoms with van der Waals surface area (Å²) in [5.41, 5.74) is 0.583. The second-order valence-electron chi connectivity index (χ2n) is 4.13. The average molecular weight is 384 g/mol. The van der Waals surface area contributed by atoms with E-state index in [2.05, 4.69) is 20.9 Å². The standard InChI is InChI=1S/C13H11BrClF3N2O/c1-2-21-7-20-11(15)10(19-12(20)13(16,17)18)8-3-5-9(14)6-4-8/h3-6H,2,7H2,1H3. The van der Waals surface area contributed by atoms with Crippen LogP contribution in [0.3, 0.4) is 0 Å². The third-order valence-electron chi connectivity index (χ3n) is 2.70. The van der Waals surface area contributed by atoms with Crippen molar-refractivity contribution >= 4 is 27.5 Å². The summed E-state index contributed by atoms with van der Waals surface area (Å²) in [5.74, 6) is -1.07. The second kappa shape index (κ2) is 6.37. The summed E-state index contributed by atoms with van der Waals surface area (Å²) in [7, 11) is 0. The molecule has 3 nitrogen and oxygen atoms in total. The molecule has 2 aromatic rings. The van der Waals surface area contributed by atoms with E-state index in [4.69, 9.17) is 16.3 Å². The maximum atomic E-state index is 13.0. The molecule has 8 heteroatoms. The van der Waals surface area contributed by atoms with E-state index in [1.807, 2.05) is 0 Å². The fourth-order valence-corrected chi connectivity index (χ4v) is 2.29. The van der Waals surface area contributed by atoms with Gasteiger partial charge in [0.05, 0.1) is 0 Å². The Morgan fingerprint density at radius 3 is 2.43 bits per heavy atom. The second-order valence-corrected chi connectivity index (χ2v) is 5.40. The molecular formula is C13H11BrClF3N2O. The van der Waals surface area contributed by atoms with Crippen molar-refractivity contribution < 1.29 is 17.9 Å². The monoisotopic (exact) mass is 382 g/mol. The van der Waals surface area contributed by atoms with Crippen molar-refractivity contribution in [3.8, 4) is 11.3 Å². The zero-order valence-corrected chi connectivity index (χ0v) is 13.3. The number of aromatic nitrogens is 2. The number of rotatable bonds is 4. The summed E-state index contributed by atoms with van der Waals surface area (Å²) in [6.07, 6.45) is -4.60. The quantitative estimate of drug-likeness (QED) is 0.744. The third kappa shape index (κ3) is 3.59. The van der Waals surface area contributed by atoms with Crippen molar-refractivity contribution in [3.05, 3.63) is 39.7 Å². The van der Waals surface area contributed by atoms with Crippen molar-refractivity contribution in [1.29, 1.82) is 0 Å². The van der Waals surface area contributed by atoms with Crippen molar-refractivity contribution in [1.82, 2.24) is 9.55 Å². The molecule has 0 saturated heterocycles. The molecule has 0 N–H and O–H groups in total. The van der Waals surface area contributed by atoms with Crippen LogP contribution in [0.25, 0.3) is 11.3 Å². The van der Waals surface area contributed by atoms with Crippen LogP contribution in [0.4, 0.5) is 13.2 Å². The fourth-order valence-electron chi connectivity index (χ4n) is 1.74. The molecule has 0 unspecified atom stereocenters. The van der Waals surface area contributed by atoms with Crippen LogP contribution in [0.2, 0.25) is 5.15 Å². The molecule has 0 aliphatic heterocycles. The molecule has 0 radical (unpaired) electrons. The number of hydrogen-bond donors (Lipinski definition) is 0. The highest BCUT2D eigenvalue weighted by Crippen LogP contribution is 2.36. The molecule has 1 aromatic heterocycles. The molecule has 0 spiro atoms. The van der Waals surface area contributed by atoms with E-state index < -0.39 is 12.0 Å². The number of imidazole rings is 1. The minimum Gasteiger partial charge on any atom is -0.361 e. The first-order valence-corrected chi connectivity index (χ1v) is 7.18. The summed E-state index contributed by atoms with van der Waals surface area (Å²) >= 11 is 9.32. The van der Waals surface area contributed by atoms with Crippen LogP contribution in [0.5, 0.6) is 0 Å². The van der Waals surface area contributed by atoms with E-state index in [-0.39, 0.29) is 24.2 Å². The molecule has 1 aromatic carbocycles. The normalized spacial score (nSPS) is 11.9. The van der Waals surface area contributed by atoms with Crippen LogP contribution in [-0.2, 0) is 17.6 Å². The lowest BCUT2D eigenvalue weighted by Crippen LogP contribution is -2.16. The van der Waals surface area contributed by atoms with Gasteiger partial charge in [-0.25, -0.2) is 4.98 Å². The van der Waals surface area contributed by atoms with E-state index in [0.29, 0.717) is 5.56 Å². The van der Waals surface area contributed by atoms with Gasteiger partial charge >= 0.3 is 6.18 Å². The lowest BCUT2D eigenvalue weighted by Gasteiger charge is -2.10. The number of benzene rings is 1. The summed E-state index contributed by atoms with van der Waals surface area (Å²) in [6, 6.07) is 6.70. The van der Waals surface area contributed by atoms with Gasteiger partial charge in [0, 0.05) is 16.6 Å². The maximum absolute atomic E-state index is 13.0. The van der Waals surface area contributed by atoms with E-state index >= 15 is 0 Å². The zero-order valence-electron chi connectivity index (χ0n) is 10.9. The Hall–Kier alpha value is -1.05. The number of halogens is 5. The Bertz CT molecular complexity index is 626. The SMILES string of the molecule is CCOCn1c(C(F)(F)F)nc(-c2ccc(Br)cc2)c1Cl. The highest BCUT2D eigenvalue weighted by Gasteiger charge is 2.39. The van der Waals surface area contributed by atoms with Crippen molar-refractivity contribution in [2.75, 3.05) is 6.61 Å². The summed E-state index contributed by atoms with van der Waals surface area (Å²) in [4.78, 5) is 3.64. The van der Waals surface area contributed by atoms with E-state index in [9.17, 15) is 13.2 Å². The summed E-state index contributed by atoms with van der Waals surface area (Å²) in [5, 5.41) is -0.0990. The van der Waals surface area contributed by atoms with Crippen LogP contribution in [0.15, 0.2) is 28.7 Å². The minimum atomic E-state index is -4.60. The maximum Gasteiger partial charge on any atom is 0.449 e. The Balaban J connectivity index is 2.52. The number of ether oxygens (including phenoxy) is 1. The number of hydrogen-bond acceptors (Lipinski definition) is 2. The molecule has 0 aliphatic rings. The van der Waals surface area contributed by atoms with Gasteiger partial charge in [-0.1, -0.05) is 39.7 Å². The molecule has 21 heavy (non-hydrogen) atoms. The molecule has 0 saturated carbocycles. The lowest BCUT2D eigenvalue weighted by atomic mass is 10.2. The molecular weight excluding hydrogens is 373 g/mol. The first-order valence-electron chi connectivity index (χ1n) is 6.01. The number of alkyl halides is 3. The minimum absolute atomic E-state index is 0.0798. The molecule has 1 heterocycles. The Kier molecular flexibility index (Phi) is 4.95. The van der Waals surface area contributed by atoms with Crippen LogP contribution >= 0.6 is 27.5 Å². The van der Waals surface area contributed by atoms with Gasteiger partial charge in [-0.15, -0.1) is 0 Å². The van der Waals surface area contributed by atoms with Crippen molar-refractivity contribution in [2.45, 2.75) is 19.8 Å². The van der Waals surface area contributed by atoms with Gasteiger partial charge in [-0.3, -0.25) is 4.57 Å². The molecule has 0 atom stereocenters. The van der Waals surface area contributed by atoms with Crippen LogP contribution in [0, 0.1) is 0 Å². The molecule has 114 valence electrons. The molecule has 0 amide bonds. The largest absolute Gasteiger partial charge is 0.449 e. The van der Waals surface area contributed by atoms with Crippen molar-refractivity contribution in [2.24, 2.45) is 0 Å². The van der Waals surface area contributed by atoms with Gasteiger partial charge in [-0.05, 0) is 19.1 Å². The molecule has 2 rings (SSSR count). The first kappa shape index (κ1) is 16.3. The molecule has 0 fully saturated rings. The smallest absolute Gasteiger partial charge is 0.361 e. The zero-order chi connectivity index (χ0) is 15.6. The average Bonchev–Trinajstić information content (AvgIpc) is 2.74. The van der Waals surface area contributed by atoms with Gasteiger partial charge < -0.3 is 4.74 Å². The summed E-state index contributed by atoms with van der Waals surface area (Å²) < 4.78 is 45.8. The van der Waals surface area contributed by atoms with Crippen molar-refractivity contribution in [3.63, 3.8) is 0 Å². The van der Waals surface area contributed by atoms with Crippen LogP contribution in [-0.4, -0.2) is 16.2 Å². The Morgan fingerprint density at radius 1 is 1.29 bits per heavy atom. The number of nitrogens with zero attached hydrogens (tertiary/aromatic N) is 2. The van der Waals surface area contributed by atoms with Gasteiger partial charge in [-0.2, -0.15) is 13.2 Å². The fraction of sp³-hybridized carbons (Fsp3) is 0.308. The van der Waals surface area contributed by atoms with E-state index in [1.165, 1.54) is 0 Å². The Morgan fingerprint density at radius 2 is 1.90 bits per heavy atom. The highest BCUT2D eigenvalue weighted by molar-refractivity contribution is 9.10. The predicted octanol–water partition coefficient (Wildman–Crippen LogP) is 4.98. The topological polar surface area (TPSA) is 27.1 Å². The summed E-state index contributed by atoms with van der Waals surface area (Å²) in [6.45, 7) is 1.67. The van der Waals surface area contributed by atoms with E-state index in [0.717, 1.165) is 9.04 Å². The van der Waals surface area contributed by atoms with Gasteiger partial charge in [0.2, 0.25) is 5.82 Å². The first-order chi connectivity index (χ1) is 9.84. The lowest BCUT2D eigenvalue weighted by molar-refractivity contribution is -0.149. The van der Waals surface area contributed by atoms with Gasteiger partial charge in [0.15, 0.2) is 0 Å². The molecule has 0 bridgehead atoms. The van der Waals surface area contributed by atoms with Gasteiger partial charge in [0.1, 0.15) is 17.6 Å². The molecule has 0 aliphatic carbocycles. The van der Waals surface area contributed by atoms with Crippen LogP contribution in [0.1, 0.15) is 12.7 Å². The highest BCUT2D eigenvalue weighted by atomic mass is 79.9. The Labute approximate surface area is 132 Å². The predicted molar refractivity (Wildman–Crippen MR) is 77.0 cm³/mol.